The molecule has 2 aliphatic rings. The summed E-state index contributed by atoms with van der Waals surface area (Å²) in [7, 11) is -4.02. The highest BCUT2D eigenvalue weighted by Gasteiger charge is 2.47. The van der Waals surface area contributed by atoms with Crippen molar-refractivity contribution in [1.29, 1.82) is 0 Å². The normalized spacial score (nSPS) is 20.5. The van der Waals surface area contributed by atoms with Crippen LogP contribution in [0.3, 0.4) is 0 Å². The Bertz CT molecular complexity index is 1120. The first-order chi connectivity index (χ1) is 14.8. The molecule has 0 saturated carbocycles. The Labute approximate surface area is 178 Å². The summed E-state index contributed by atoms with van der Waals surface area (Å²) in [4.78, 5) is 45.7. The third-order valence-corrected chi connectivity index (χ3v) is 6.36. The summed E-state index contributed by atoms with van der Waals surface area (Å²) in [5.41, 5.74) is 0.318. The van der Waals surface area contributed by atoms with Crippen LogP contribution >= 0.6 is 0 Å². The van der Waals surface area contributed by atoms with Crippen LogP contribution in [-0.4, -0.2) is 47.6 Å². The Kier molecular flexibility index (Phi) is 5.51. The Morgan fingerprint density at radius 2 is 1.61 bits per heavy atom. The standard InChI is InChI=1S/C20H19N5O5S/c26-17(12-25-18(27)15-4-1-2-5-16(15)19(25)28)23-13-6-8-14(9-7-13)31(29,30)24-20-21-10-3-11-22-20/h1-3,6-11,15-16H,4-5,12H2,(H2,21,22,23,24,26)/p-1/t15-,16-/m0/s1. The zero-order chi connectivity index (χ0) is 22.0. The lowest BCUT2D eigenvalue weighted by Gasteiger charge is -2.15. The first kappa shape index (κ1) is 20.7. The number of carbonyl (C=O) groups is 3. The van der Waals surface area contributed by atoms with Crippen molar-refractivity contribution in [2.75, 3.05) is 11.9 Å². The van der Waals surface area contributed by atoms with Gasteiger partial charge in [-0.15, -0.1) is 0 Å². The second-order valence-electron chi connectivity index (χ2n) is 7.11. The van der Waals surface area contributed by atoms with E-state index in [0.29, 0.717) is 18.5 Å². The molecule has 4 rings (SSSR count). The zero-order valence-corrected chi connectivity index (χ0v) is 17.0. The van der Waals surface area contributed by atoms with Gasteiger partial charge in [0.2, 0.25) is 27.7 Å². The summed E-state index contributed by atoms with van der Waals surface area (Å²) in [5, 5.41) is 2.57. The molecule has 3 amide bonds. The average molecular weight is 440 g/mol. The molecule has 0 bridgehead atoms. The van der Waals surface area contributed by atoms with Crippen LogP contribution in [0.2, 0.25) is 0 Å². The average Bonchev–Trinajstić information content (AvgIpc) is 3.00. The molecule has 1 fully saturated rings. The number of nitrogens with one attached hydrogen (secondary N) is 1. The highest BCUT2D eigenvalue weighted by Crippen LogP contribution is 2.34. The van der Waals surface area contributed by atoms with E-state index in [1.54, 1.807) is 0 Å². The van der Waals surface area contributed by atoms with E-state index in [9.17, 15) is 22.8 Å². The number of sulfonamides is 1. The molecule has 1 saturated heterocycles. The van der Waals surface area contributed by atoms with Gasteiger partial charge in [-0.25, -0.2) is 8.42 Å². The molecule has 2 heterocycles. The monoisotopic (exact) mass is 440 g/mol. The van der Waals surface area contributed by atoms with Crippen LogP contribution in [0.25, 0.3) is 4.72 Å². The van der Waals surface area contributed by atoms with Gasteiger partial charge in [-0.2, -0.15) is 0 Å². The fraction of sp³-hybridized carbons (Fsp3) is 0.250. The number of likely N-dealkylation sites (tertiary alicyclic amines) is 1. The van der Waals surface area contributed by atoms with E-state index >= 15 is 0 Å². The van der Waals surface area contributed by atoms with Crippen molar-refractivity contribution in [1.82, 2.24) is 14.9 Å². The predicted octanol–water partition coefficient (Wildman–Crippen LogP) is 1.76. The van der Waals surface area contributed by atoms with Crippen molar-refractivity contribution in [3.8, 4) is 0 Å². The van der Waals surface area contributed by atoms with Crippen molar-refractivity contribution >= 4 is 39.4 Å². The molecule has 1 aliphatic carbocycles. The first-order valence-corrected chi connectivity index (χ1v) is 10.9. The number of rotatable bonds is 6. The van der Waals surface area contributed by atoms with Gasteiger partial charge in [-0.1, -0.05) is 18.2 Å². The van der Waals surface area contributed by atoms with Crippen molar-refractivity contribution < 1.29 is 22.8 Å². The Morgan fingerprint density at radius 1 is 1.03 bits per heavy atom. The lowest BCUT2D eigenvalue weighted by molar-refractivity contribution is -0.142. The van der Waals surface area contributed by atoms with Crippen molar-refractivity contribution in [2.24, 2.45) is 11.8 Å². The van der Waals surface area contributed by atoms with Gasteiger partial charge in [0.05, 0.1) is 16.7 Å². The summed E-state index contributed by atoms with van der Waals surface area (Å²) in [6.07, 6.45) is 7.51. The van der Waals surface area contributed by atoms with Gasteiger partial charge < -0.3 is 15.3 Å². The van der Waals surface area contributed by atoms with Crippen LogP contribution in [-0.2, 0) is 24.4 Å². The maximum absolute atomic E-state index is 12.4. The molecule has 160 valence electrons. The van der Waals surface area contributed by atoms with Gasteiger partial charge >= 0.3 is 0 Å². The summed E-state index contributed by atoms with van der Waals surface area (Å²) >= 11 is 0. The van der Waals surface area contributed by atoms with Crippen LogP contribution in [0.5, 0.6) is 0 Å². The van der Waals surface area contributed by atoms with Gasteiger partial charge in [-0.3, -0.25) is 24.0 Å². The van der Waals surface area contributed by atoms with E-state index in [1.165, 1.54) is 42.7 Å². The minimum Gasteiger partial charge on any atom is -0.366 e. The summed E-state index contributed by atoms with van der Waals surface area (Å²) in [5.74, 6) is -2.19. The smallest absolute Gasteiger partial charge is 0.244 e. The molecule has 0 radical (unpaired) electrons. The molecule has 2 atom stereocenters. The molecule has 1 aliphatic heterocycles. The minimum atomic E-state index is -4.02. The molecule has 31 heavy (non-hydrogen) atoms. The minimum absolute atomic E-state index is 0.0978. The van der Waals surface area contributed by atoms with Crippen LogP contribution in [0.4, 0.5) is 11.6 Å². The van der Waals surface area contributed by atoms with Crippen LogP contribution in [0, 0.1) is 11.8 Å². The maximum Gasteiger partial charge on any atom is 0.244 e. The van der Waals surface area contributed by atoms with E-state index in [-0.39, 0.29) is 29.2 Å². The SMILES string of the molecule is O=C(CN1C(=O)[C@H]2CC=CC[C@@H]2C1=O)Nc1ccc(S(=O)(=O)[N-]c2ncccn2)cc1. The van der Waals surface area contributed by atoms with Crippen molar-refractivity contribution in [3.05, 3.63) is 59.6 Å². The number of aromatic nitrogens is 2. The molecule has 2 aromatic rings. The number of nitrogens with zero attached hydrogens (tertiary/aromatic N) is 4. The number of amides is 3. The van der Waals surface area contributed by atoms with Crippen molar-refractivity contribution in [3.63, 3.8) is 0 Å². The molecular weight excluding hydrogens is 422 g/mol. The number of hydrogen-bond donors (Lipinski definition) is 1. The number of carbonyl (C=O) groups excluding carboxylic acids is 3. The number of fused-ring (bicyclic) bond motifs is 1. The highest BCUT2D eigenvalue weighted by molar-refractivity contribution is 7.94. The zero-order valence-electron chi connectivity index (χ0n) is 16.2. The third kappa shape index (κ3) is 4.31. The van der Waals surface area contributed by atoms with Crippen LogP contribution in [0.1, 0.15) is 12.8 Å². The fourth-order valence-electron chi connectivity index (χ4n) is 3.58. The quantitative estimate of drug-likeness (QED) is 0.533. The Morgan fingerprint density at radius 3 is 2.19 bits per heavy atom. The lowest BCUT2D eigenvalue weighted by atomic mass is 9.85. The molecule has 0 spiro atoms. The van der Waals surface area contributed by atoms with E-state index in [4.69, 9.17) is 0 Å². The summed E-state index contributed by atoms with van der Waals surface area (Å²) in [6, 6.07) is 6.89. The number of imide groups is 1. The van der Waals surface area contributed by atoms with E-state index < -0.39 is 27.8 Å². The lowest BCUT2D eigenvalue weighted by Crippen LogP contribution is -2.38. The van der Waals surface area contributed by atoms with Crippen LogP contribution in [0.15, 0.2) is 59.8 Å². The molecular formula is C20H18N5O5S-. The third-order valence-electron chi connectivity index (χ3n) is 5.09. The largest absolute Gasteiger partial charge is 0.366 e. The van der Waals surface area contributed by atoms with Gasteiger partial charge in [0.25, 0.3) is 0 Å². The number of hydrogen-bond acceptors (Lipinski definition) is 7. The molecule has 1 aromatic heterocycles. The Hall–Kier alpha value is -3.60. The molecule has 10 nitrogen and oxygen atoms in total. The van der Waals surface area contributed by atoms with Gasteiger partial charge in [-0.05, 0) is 49.5 Å². The maximum atomic E-state index is 12.4. The van der Waals surface area contributed by atoms with Gasteiger partial charge in [0, 0.05) is 11.6 Å². The number of allylic oxidation sites excluding steroid dienone is 2. The summed E-state index contributed by atoms with van der Waals surface area (Å²) in [6.45, 7) is -0.384. The fourth-order valence-corrected chi connectivity index (χ4v) is 4.47. The second kappa shape index (κ2) is 8.26. The van der Waals surface area contributed by atoms with E-state index in [0.717, 1.165) is 4.90 Å². The highest BCUT2D eigenvalue weighted by atomic mass is 32.2. The topological polar surface area (TPSA) is 140 Å². The Balaban J connectivity index is 1.38. The van der Waals surface area contributed by atoms with E-state index in [2.05, 4.69) is 20.0 Å². The van der Waals surface area contributed by atoms with E-state index in [1.807, 2.05) is 12.2 Å². The molecule has 11 heteroatoms. The summed E-state index contributed by atoms with van der Waals surface area (Å²) < 4.78 is 28.2. The predicted molar refractivity (Wildman–Crippen MR) is 109 cm³/mol. The van der Waals surface area contributed by atoms with Crippen LogP contribution < -0.4 is 5.32 Å². The molecule has 1 aromatic carbocycles. The van der Waals surface area contributed by atoms with Gasteiger partial charge in [0.1, 0.15) is 6.54 Å². The molecule has 1 N–H and O–H groups in total. The number of benzene rings is 1. The number of anilines is 1. The van der Waals surface area contributed by atoms with Gasteiger partial charge in [0.15, 0.2) is 0 Å². The second-order valence-corrected chi connectivity index (χ2v) is 8.71. The molecule has 0 unspecified atom stereocenters. The first-order valence-electron chi connectivity index (χ1n) is 9.50. The van der Waals surface area contributed by atoms with Crippen molar-refractivity contribution in [2.45, 2.75) is 17.7 Å².